The van der Waals surface area contributed by atoms with E-state index in [1.54, 1.807) is 0 Å². The Kier molecular flexibility index (Phi) is 7.50. The van der Waals surface area contributed by atoms with Gasteiger partial charge in [-0.05, 0) is 23.6 Å². The van der Waals surface area contributed by atoms with Crippen molar-refractivity contribution in [2.24, 2.45) is 13.0 Å². The smallest absolute Gasteiger partial charge is 0.0900 e. The molecular weight excluding hydrogens is 300 g/mol. The van der Waals surface area contributed by atoms with Crippen molar-refractivity contribution in [2.75, 3.05) is 19.8 Å². The maximum Gasteiger partial charge on any atom is 0.0900 e. The molecule has 0 saturated heterocycles. The van der Waals surface area contributed by atoms with Crippen molar-refractivity contribution in [3.63, 3.8) is 0 Å². The number of aromatic nitrogens is 1. The van der Waals surface area contributed by atoms with E-state index in [4.69, 9.17) is 4.74 Å². The van der Waals surface area contributed by atoms with Crippen molar-refractivity contribution in [1.29, 1.82) is 0 Å². The first kappa shape index (κ1) is 18.7. The first-order valence-electron chi connectivity index (χ1n) is 8.67. The Morgan fingerprint density at radius 1 is 1.04 bits per heavy atom. The zero-order chi connectivity index (χ0) is 17.4. The number of aliphatic hydroxyl groups excluding tert-OH is 1. The van der Waals surface area contributed by atoms with Crippen molar-refractivity contribution >= 4 is 0 Å². The molecular formula is C20H30N2O2. The molecule has 0 saturated carbocycles. The average molecular weight is 330 g/mol. The van der Waals surface area contributed by atoms with Crippen LogP contribution >= 0.6 is 0 Å². The van der Waals surface area contributed by atoms with E-state index in [-0.39, 0.29) is 0 Å². The van der Waals surface area contributed by atoms with E-state index in [0.29, 0.717) is 25.7 Å². The average Bonchev–Trinajstić information content (AvgIpc) is 2.93. The van der Waals surface area contributed by atoms with Crippen LogP contribution in [0.1, 0.15) is 25.1 Å². The zero-order valence-electron chi connectivity index (χ0n) is 15.1. The molecule has 24 heavy (non-hydrogen) atoms. The van der Waals surface area contributed by atoms with Crippen LogP contribution in [-0.2, 0) is 24.9 Å². The Morgan fingerprint density at radius 3 is 2.42 bits per heavy atom. The summed E-state index contributed by atoms with van der Waals surface area (Å²) in [5, 5.41) is 10.3. The SMILES string of the molecule is CC(C)COCC(O)CN(Cc1ccccc1)Cc1cccn1C. The molecule has 0 amide bonds. The fourth-order valence-corrected chi connectivity index (χ4v) is 2.71. The summed E-state index contributed by atoms with van der Waals surface area (Å²) in [6, 6.07) is 14.6. The minimum Gasteiger partial charge on any atom is -0.389 e. The summed E-state index contributed by atoms with van der Waals surface area (Å²) >= 11 is 0. The molecule has 132 valence electrons. The molecule has 0 aliphatic heterocycles. The van der Waals surface area contributed by atoms with Crippen LogP contribution in [0, 0.1) is 5.92 Å². The molecule has 4 nitrogen and oxygen atoms in total. The summed E-state index contributed by atoms with van der Waals surface area (Å²) in [5.41, 5.74) is 2.49. The monoisotopic (exact) mass is 330 g/mol. The maximum absolute atomic E-state index is 10.3. The van der Waals surface area contributed by atoms with E-state index in [0.717, 1.165) is 13.1 Å². The van der Waals surface area contributed by atoms with Gasteiger partial charge in [-0.3, -0.25) is 4.90 Å². The molecule has 0 bridgehead atoms. The summed E-state index contributed by atoms with van der Waals surface area (Å²) in [5.74, 6) is 0.487. The number of hydrogen-bond acceptors (Lipinski definition) is 3. The van der Waals surface area contributed by atoms with E-state index in [9.17, 15) is 5.11 Å². The first-order chi connectivity index (χ1) is 11.5. The Bertz CT molecular complexity index is 580. The van der Waals surface area contributed by atoms with Gasteiger partial charge in [-0.25, -0.2) is 0 Å². The normalized spacial score (nSPS) is 12.9. The lowest BCUT2D eigenvalue weighted by atomic mass is 10.2. The third kappa shape index (κ3) is 6.48. The largest absolute Gasteiger partial charge is 0.389 e. The van der Waals surface area contributed by atoms with Crippen LogP contribution in [0.2, 0.25) is 0 Å². The Labute approximate surface area is 145 Å². The predicted octanol–water partition coefficient (Wildman–Crippen LogP) is 3.06. The number of nitrogens with zero attached hydrogens (tertiary/aromatic N) is 2. The highest BCUT2D eigenvalue weighted by Gasteiger charge is 2.14. The summed E-state index contributed by atoms with van der Waals surface area (Å²) in [6.45, 7) is 7.52. The fraction of sp³-hybridized carbons (Fsp3) is 0.500. The molecule has 0 aliphatic rings. The number of aryl methyl sites for hydroxylation is 1. The zero-order valence-corrected chi connectivity index (χ0v) is 15.1. The molecule has 0 radical (unpaired) electrons. The molecule has 2 aromatic rings. The second-order valence-corrected chi connectivity index (χ2v) is 6.85. The Balaban J connectivity index is 1.95. The third-order valence-corrected chi connectivity index (χ3v) is 3.92. The van der Waals surface area contributed by atoms with Gasteiger partial charge >= 0.3 is 0 Å². The van der Waals surface area contributed by atoms with Gasteiger partial charge in [0.2, 0.25) is 0 Å². The molecule has 0 spiro atoms. The van der Waals surface area contributed by atoms with E-state index in [1.165, 1.54) is 11.3 Å². The van der Waals surface area contributed by atoms with Crippen LogP contribution in [-0.4, -0.2) is 40.4 Å². The van der Waals surface area contributed by atoms with Gasteiger partial charge in [-0.2, -0.15) is 0 Å². The minimum atomic E-state index is -0.479. The molecule has 1 aromatic heterocycles. The van der Waals surface area contributed by atoms with Crippen molar-refractivity contribution in [2.45, 2.75) is 33.0 Å². The molecule has 2 rings (SSSR count). The van der Waals surface area contributed by atoms with E-state index >= 15 is 0 Å². The Hall–Kier alpha value is -1.62. The van der Waals surface area contributed by atoms with Gasteiger partial charge < -0.3 is 14.4 Å². The number of rotatable bonds is 10. The molecule has 4 heteroatoms. The number of aliphatic hydroxyl groups is 1. The highest BCUT2D eigenvalue weighted by atomic mass is 16.5. The van der Waals surface area contributed by atoms with Gasteiger partial charge in [-0.1, -0.05) is 44.2 Å². The molecule has 1 N–H and O–H groups in total. The lowest BCUT2D eigenvalue weighted by Gasteiger charge is -2.25. The van der Waals surface area contributed by atoms with E-state index in [1.807, 2.05) is 6.07 Å². The van der Waals surface area contributed by atoms with Crippen molar-refractivity contribution in [3.05, 3.63) is 59.9 Å². The van der Waals surface area contributed by atoms with Gasteiger partial charge in [-0.15, -0.1) is 0 Å². The lowest BCUT2D eigenvalue weighted by Crippen LogP contribution is -2.35. The maximum atomic E-state index is 10.3. The number of benzene rings is 1. The Morgan fingerprint density at radius 2 is 1.79 bits per heavy atom. The van der Waals surface area contributed by atoms with Crippen LogP contribution in [0.5, 0.6) is 0 Å². The standard InChI is InChI=1S/C20H30N2O2/c1-17(2)15-24-16-20(23)14-22(12-18-8-5-4-6-9-18)13-19-10-7-11-21(19)3/h4-11,17,20,23H,12-16H2,1-3H3. The number of hydrogen-bond donors (Lipinski definition) is 1. The highest BCUT2D eigenvalue weighted by molar-refractivity contribution is 5.15. The van der Waals surface area contributed by atoms with Crippen LogP contribution in [0.4, 0.5) is 0 Å². The van der Waals surface area contributed by atoms with Crippen molar-refractivity contribution in [3.8, 4) is 0 Å². The molecule has 0 fully saturated rings. The van der Waals surface area contributed by atoms with Gasteiger partial charge in [0.15, 0.2) is 0 Å². The predicted molar refractivity (Wildman–Crippen MR) is 97.6 cm³/mol. The van der Waals surface area contributed by atoms with Gasteiger partial charge in [0.05, 0.1) is 12.7 Å². The van der Waals surface area contributed by atoms with Crippen LogP contribution in [0.15, 0.2) is 48.7 Å². The van der Waals surface area contributed by atoms with E-state index < -0.39 is 6.10 Å². The molecule has 1 unspecified atom stereocenters. The molecule has 1 atom stereocenters. The fourth-order valence-electron chi connectivity index (χ4n) is 2.71. The lowest BCUT2D eigenvalue weighted by molar-refractivity contribution is 0.00525. The van der Waals surface area contributed by atoms with Crippen LogP contribution in [0.25, 0.3) is 0 Å². The summed E-state index contributed by atoms with van der Waals surface area (Å²) in [7, 11) is 2.05. The highest BCUT2D eigenvalue weighted by Crippen LogP contribution is 2.11. The first-order valence-corrected chi connectivity index (χ1v) is 8.67. The topological polar surface area (TPSA) is 37.6 Å². The van der Waals surface area contributed by atoms with Gasteiger partial charge in [0.25, 0.3) is 0 Å². The second-order valence-electron chi connectivity index (χ2n) is 6.85. The van der Waals surface area contributed by atoms with Crippen molar-refractivity contribution in [1.82, 2.24) is 9.47 Å². The molecule has 0 aliphatic carbocycles. The summed E-state index contributed by atoms with van der Waals surface area (Å²) < 4.78 is 7.71. The molecule has 1 aromatic carbocycles. The minimum absolute atomic E-state index is 0.386. The second kappa shape index (κ2) is 9.62. The molecule has 1 heterocycles. The number of ether oxygens (including phenoxy) is 1. The quantitative estimate of drug-likeness (QED) is 0.727. The van der Waals surface area contributed by atoms with E-state index in [2.05, 4.69) is 73.0 Å². The van der Waals surface area contributed by atoms with Gasteiger partial charge in [0.1, 0.15) is 0 Å². The van der Waals surface area contributed by atoms with Crippen LogP contribution < -0.4 is 0 Å². The van der Waals surface area contributed by atoms with Crippen LogP contribution in [0.3, 0.4) is 0 Å². The van der Waals surface area contributed by atoms with Gasteiger partial charge in [0, 0.05) is 45.2 Å². The van der Waals surface area contributed by atoms with Crippen molar-refractivity contribution < 1.29 is 9.84 Å². The summed E-state index contributed by atoms with van der Waals surface area (Å²) in [4.78, 5) is 2.27. The summed E-state index contributed by atoms with van der Waals surface area (Å²) in [6.07, 6.45) is 1.57. The third-order valence-electron chi connectivity index (χ3n) is 3.92.